The molecule has 2 rings (SSSR count). The topological polar surface area (TPSA) is 70.6 Å². The molecule has 1 aromatic carbocycles. The van der Waals surface area contributed by atoms with Crippen molar-refractivity contribution >= 4 is 11.7 Å². The highest BCUT2D eigenvalue weighted by Gasteiger charge is 2.22. The lowest BCUT2D eigenvalue weighted by Crippen LogP contribution is -2.46. The number of nitrogens with one attached hydrogen (secondary N) is 2. The fourth-order valence-electron chi connectivity index (χ4n) is 2.15. The summed E-state index contributed by atoms with van der Waals surface area (Å²) in [6, 6.07) is 3.94. The Morgan fingerprint density at radius 3 is 2.73 bits per heavy atom. The molecule has 0 heterocycles. The van der Waals surface area contributed by atoms with Gasteiger partial charge in [0.05, 0.1) is 6.10 Å². The van der Waals surface area contributed by atoms with Crippen molar-refractivity contribution in [3.63, 3.8) is 0 Å². The highest BCUT2D eigenvalue weighted by Crippen LogP contribution is 2.28. The highest BCUT2D eigenvalue weighted by atomic mass is 19.1. The molecule has 0 bridgehead atoms. The van der Waals surface area contributed by atoms with Crippen LogP contribution in [0.2, 0.25) is 0 Å². The minimum Gasteiger partial charge on any atom is -0.487 e. The normalized spacial score (nSPS) is 15.1. The third-order valence-corrected chi connectivity index (χ3v) is 3.72. The van der Waals surface area contributed by atoms with E-state index >= 15 is 0 Å². The summed E-state index contributed by atoms with van der Waals surface area (Å²) in [5.74, 6) is -0.268. The zero-order valence-electron chi connectivity index (χ0n) is 13.0. The Kier molecular flexibility index (Phi) is 5.24. The molecule has 5 nitrogen and oxygen atoms in total. The van der Waals surface area contributed by atoms with Gasteiger partial charge in [-0.3, -0.25) is 0 Å². The predicted octanol–water partition coefficient (Wildman–Crippen LogP) is 3.04. The Morgan fingerprint density at radius 2 is 2.18 bits per heavy atom. The molecule has 22 heavy (non-hydrogen) atoms. The van der Waals surface area contributed by atoms with E-state index in [0.717, 1.165) is 19.3 Å². The second kappa shape index (κ2) is 6.96. The van der Waals surface area contributed by atoms with Crippen LogP contribution in [0.4, 0.5) is 14.9 Å². The number of carbonyl (C=O) groups excluding carboxylic acids is 1. The molecular formula is C16H23FN2O3. The number of anilines is 1. The number of rotatable bonds is 6. The van der Waals surface area contributed by atoms with Crippen LogP contribution in [0, 0.1) is 5.82 Å². The molecular weight excluding hydrogens is 287 g/mol. The van der Waals surface area contributed by atoms with Crippen LogP contribution in [0.1, 0.15) is 39.5 Å². The first kappa shape index (κ1) is 16.5. The largest absolute Gasteiger partial charge is 0.487 e. The second-order valence-corrected chi connectivity index (χ2v) is 6.25. The number of urea groups is 1. The van der Waals surface area contributed by atoms with Gasteiger partial charge in [-0.1, -0.05) is 0 Å². The molecule has 1 aliphatic rings. The van der Waals surface area contributed by atoms with Crippen molar-refractivity contribution < 1.29 is 19.0 Å². The molecule has 1 aliphatic carbocycles. The zero-order chi connectivity index (χ0) is 16.2. The molecule has 0 saturated heterocycles. The molecule has 1 aromatic rings. The van der Waals surface area contributed by atoms with Crippen molar-refractivity contribution in [2.24, 2.45) is 0 Å². The summed E-state index contributed by atoms with van der Waals surface area (Å²) in [6.45, 7) is 3.59. The minimum atomic E-state index is -0.537. The van der Waals surface area contributed by atoms with E-state index in [4.69, 9.17) is 9.84 Å². The molecule has 0 radical (unpaired) electrons. The maximum atomic E-state index is 14.0. The van der Waals surface area contributed by atoms with Gasteiger partial charge in [0.1, 0.15) is 0 Å². The van der Waals surface area contributed by atoms with E-state index in [-0.39, 0.29) is 18.5 Å². The Morgan fingerprint density at radius 1 is 1.45 bits per heavy atom. The van der Waals surface area contributed by atoms with Crippen LogP contribution in [0.25, 0.3) is 0 Å². The molecule has 122 valence electrons. The third kappa shape index (κ3) is 4.59. The van der Waals surface area contributed by atoms with Gasteiger partial charge in [-0.15, -0.1) is 0 Å². The number of ether oxygens (including phenoxy) is 1. The molecule has 2 amide bonds. The number of hydrogen-bond donors (Lipinski definition) is 3. The molecule has 0 aliphatic heterocycles. The lowest BCUT2D eigenvalue weighted by Gasteiger charge is -2.27. The summed E-state index contributed by atoms with van der Waals surface area (Å²) in [4.78, 5) is 11.9. The second-order valence-electron chi connectivity index (χ2n) is 6.25. The van der Waals surface area contributed by atoms with Gasteiger partial charge in [0, 0.05) is 23.9 Å². The summed E-state index contributed by atoms with van der Waals surface area (Å²) in [5, 5.41) is 14.2. The van der Waals surface area contributed by atoms with Crippen LogP contribution in [0.3, 0.4) is 0 Å². The number of amides is 2. The van der Waals surface area contributed by atoms with Crippen LogP contribution in [0.15, 0.2) is 18.2 Å². The van der Waals surface area contributed by atoms with Crippen molar-refractivity contribution in [3.8, 4) is 5.75 Å². The average molecular weight is 310 g/mol. The van der Waals surface area contributed by atoms with E-state index in [9.17, 15) is 9.18 Å². The van der Waals surface area contributed by atoms with Crippen molar-refractivity contribution in [1.82, 2.24) is 5.32 Å². The van der Waals surface area contributed by atoms with Gasteiger partial charge in [0.15, 0.2) is 11.6 Å². The zero-order valence-corrected chi connectivity index (χ0v) is 13.0. The Balaban J connectivity index is 1.92. The van der Waals surface area contributed by atoms with Gasteiger partial charge in [0.2, 0.25) is 0 Å². The summed E-state index contributed by atoms with van der Waals surface area (Å²) < 4.78 is 19.5. The van der Waals surface area contributed by atoms with Gasteiger partial charge in [-0.25, -0.2) is 9.18 Å². The first-order valence-corrected chi connectivity index (χ1v) is 7.56. The van der Waals surface area contributed by atoms with Crippen molar-refractivity contribution in [2.45, 2.75) is 51.2 Å². The molecule has 0 spiro atoms. The SMILES string of the molecule is CC(C)(CCO)NC(=O)Nc1ccc(OC2CCC2)c(F)c1. The smallest absolute Gasteiger partial charge is 0.319 e. The number of benzene rings is 1. The van der Waals surface area contributed by atoms with E-state index < -0.39 is 17.4 Å². The van der Waals surface area contributed by atoms with E-state index in [1.807, 2.05) is 0 Å². The fourth-order valence-corrected chi connectivity index (χ4v) is 2.15. The molecule has 6 heteroatoms. The van der Waals surface area contributed by atoms with Crippen LogP contribution in [-0.2, 0) is 0 Å². The Hall–Kier alpha value is -1.82. The third-order valence-electron chi connectivity index (χ3n) is 3.72. The first-order chi connectivity index (χ1) is 10.4. The molecule has 0 aromatic heterocycles. The molecule has 0 atom stereocenters. The number of carbonyl (C=O) groups is 1. The summed E-state index contributed by atoms with van der Waals surface area (Å²) in [7, 11) is 0. The van der Waals surface area contributed by atoms with Gasteiger partial charge in [0.25, 0.3) is 0 Å². The van der Waals surface area contributed by atoms with Crippen molar-refractivity contribution in [2.75, 3.05) is 11.9 Å². The summed E-state index contributed by atoms with van der Waals surface area (Å²) in [6.07, 6.45) is 3.58. The van der Waals surface area contributed by atoms with E-state index in [1.165, 1.54) is 12.1 Å². The maximum Gasteiger partial charge on any atom is 0.319 e. The quantitative estimate of drug-likeness (QED) is 0.756. The van der Waals surface area contributed by atoms with Crippen LogP contribution < -0.4 is 15.4 Å². The van der Waals surface area contributed by atoms with Crippen LogP contribution in [0.5, 0.6) is 5.75 Å². The molecule has 3 N–H and O–H groups in total. The molecule has 1 saturated carbocycles. The summed E-state index contributed by atoms with van der Waals surface area (Å²) in [5.41, 5.74) is -0.180. The van der Waals surface area contributed by atoms with Gasteiger partial charge in [-0.2, -0.15) is 0 Å². The Labute approximate surface area is 129 Å². The Bertz CT molecular complexity index is 530. The number of hydrogen-bond acceptors (Lipinski definition) is 3. The predicted molar refractivity (Wildman–Crippen MR) is 82.6 cm³/mol. The number of aliphatic hydroxyl groups excluding tert-OH is 1. The van der Waals surface area contributed by atoms with Gasteiger partial charge >= 0.3 is 6.03 Å². The lowest BCUT2D eigenvalue weighted by molar-refractivity contribution is 0.115. The van der Waals surface area contributed by atoms with Gasteiger partial charge in [-0.05, 0) is 51.7 Å². The van der Waals surface area contributed by atoms with E-state index in [2.05, 4.69) is 10.6 Å². The number of aliphatic hydroxyl groups is 1. The molecule has 0 unspecified atom stereocenters. The fraction of sp³-hybridized carbons (Fsp3) is 0.562. The molecule has 1 fully saturated rings. The van der Waals surface area contributed by atoms with Crippen molar-refractivity contribution in [1.29, 1.82) is 0 Å². The van der Waals surface area contributed by atoms with Crippen molar-refractivity contribution in [3.05, 3.63) is 24.0 Å². The van der Waals surface area contributed by atoms with E-state index in [1.54, 1.807) is 19.9 Å². The van der Waals surface area contributed by atoms with Crippen LogP contribution in [-0.4, -0.2) is 29.4 Å². The van der Waals surface area contributed by atoms with Crippen LogP contribution >= 0.6 is 0 Å². The van der Waals surface area contributed by atoms with Gasteiger partial charge < -0.3 is 20.5 Å². The highest BCUT2D eigenvalue weighted by molar-refractivity contribution is 5.89. The first-order valence-electron chi connectivity index (χ1n) is 7.56. The lowest BCUT2D eigenvalue weighted by atomic mass is 9.96. The maximum absolute atomic E-state index is 14.0. The number of halogens is 1. The monoisotopic (exact) mass is 310 g/mol. The summed E-state index contributed by atoms with van der Waals surface area (Å²) >= 11 is 0. The standard InChI is InChI=1S/C16H23FN2O3/c1-16(2,8-9-20)19-15(21)18-11-6-7-14(13(17)10-11)22-12-4-3-5-12/h6-7,10,12,20H,3-5,8-9H2,1-2H3,(H2,18,19,21). The minimum absolute atomic E-state index is 0.0187. The average Bonchev–Trinajstić information content (AvgIpc) is 2.34. The van der Waals surface area contributed by atoms with E-state index in [0.29, 0.717) is 12.1 Å².